The lowest BCUT2D eigenvalue weighted by Crippen LogP contribution is -2.69. The molecule has 1 spiro atoms. The van der Waals surface area contributed by atoms with Gasteiger partial charge in [0, 0.05) is 44.1 Å². The summed E-state index contributed by atoms with van der Waals surface area (Å²) in [5, 5.41) is 7.52. The SMILES string of the molecule is CN(C)C(=O)CN=C(NC1CCc2ccccc2C1)NC1C2CCOC2C12CCCC2.I. The van der Waals surface area contributed by atoms with Gasteiger partial charge < -0.3 is 20.3 Å². The number of carbonyl (C=O) groups excluding carboxylic acids is 1. The van der Waals surface area contributed by atoms with Crippen molar-refractivity contribution in [2.45, 2.75) is 69.6 Å². The predicted molar refractivity (Wildman–Crippen MR) is 137 cm³/mol. The Balaban J connectivity index is 0.00000245. The summed E-state index contributed by atoms with van der Waals surface area (Å²) < 4.78 is 6.16. The molecule has 4 atom stereocenters. The van der Waals surface area contributed by atoms with Crippen molar-refractivity contribution < 1.29 is 9.53 Å². The number of ether oxygens (including phenoxy) is 1. The second-order valence-corrected chi connectivity index (χ2v) is 10.1. The molecule has 1 heterocycles. The summed E-state index contributed by atoms with van der Waals surface area (Å²) in [6.45, 7) is 1.06. The number of fused-ring (bicyclic) bond motifs is 3. The molecule has 4 unspecified atom stereocenters. The van der Waals surface area contributed by atoms with Gasteiger partial charge >= 0.3 is 0 Å². The van der Waals surface area contributed by atoms with Crippen molar-refractivity contribution in [3.8, 4) is 0 Å². The van der Waals surface area contributed by atoms with E-state index in [0.717, 1.165) is 38.2 Å². The van der Waals surface area contributed by atoms with E-state index in [-0.39, 0.29) is 41.8 Å². The number of halogens is 1. The highest BCUT2D eigenvalue weighted by Crippen LogP contribution is 2.60. The lowest BCUT2D eigenvalue weighted by molar-refractivity contribution is -0.127. The van der Waals surface area contributed by atoms with E-state index in [1.165, 1.54) is 36.8 Å². The molecule has 5 rings (SSSR count). The van der Waals surface area contributed by atoms with Crippen LogP contribution in [0, 0.1) is 11.3 Å². The van der Waals surface area contributed by atoms with Crippen LogP contribution in [0.5, 0.6) is 0 Å². The van der Waals surface area contributed by atoms with Crippen molar-refractivity contribution in [2.24, 2.45) is 16.3 Å². The summed E-state index contributed by atoms with van der Waals surface area (Å²) in [4.78, 5) is 18.6. The van der Waals surface area contributed by atoms with Crippen molar-refractivity contribution in [3.05, 3.63) is 35.4 Å². The molecule has 0 aromatic heterocycles. The summed E-state index contributed by atoms with van der Waals surface area (Å²) in [5.74, 6) is 1.41. The normalized spacial score (nSPS) is 30.0. The first-order valence-corrected chi connectivity index (χ1v) is 12.0. The molecule has 3 aliphatic carbocycles. The van der Waals surface area contributed by atoms with Crippen LogP contribution in [0.2, 0.25) is 0 Å². The molecular weight excluding hydrogens is 515 g/mol. The minimum absolute atomic E-state index is 0. The van der Waals surface area contributed by atoms with Crippen molar-refractivity contribution in [1.82, 2.24) is 15.5 Å². The monoisotopic (exact) mass is 552 g/mol. The van der Waals surface area contributed by atoms with E-state index in [9.17, 15) is 4.79 Å². The predicted octanol–water partition coefficient (Wildman–Crippen LogP) is 3.13. The van der Waals surface area contributed by atoms with E-state index in [1.54, 1.807) is 19.0 Å². The lowest BCUT2D eigenvalue weighted by atomic mass is 9.54. The Labute approximate surface area is 209 Å². The summed E-state index contributed by atoms with van der Waals surface area (Å²) in [6.07, 6.45) is 9.80. The number of aliphatic imine (C=N–C) groups is 1. The van der Waals surface area contributed by atoms with Crippen LogP contribution in [0.3, 0.4) is 0 Å². The fraction of sp³-hybridized carbons (Fsp3) is 0.680. The standard InChI is InChI=1S/C25H36N4O2.HI/c1-29(2)21(30)16-26-24(27-19-10-9-17-7-3-4-8-18(17)15-19)28-22-20-11-14-31-23(20)25(22)12-5-6-13-25;/h3-4,7-8,19-20,22-23H,5-6,9-16H2,1-2H3,(H2,26,27,28);1H. The lowest BCUT2D eigenvalue weighted by Gasteiger charge is -2.57. The minimum atomic E-state index is 0. The Morgan fingerprint density at radius 1 is 1.16 bits per heavy atom. The molecule has 0 bridgehead atoms. The van der Waals surface area contributed by atoms with Gasteiger partial charge in [0.15, 0.2) is 5.96 Å². The number of likely N-dealkylation sites (N-methyl/N-ethyl adjacent to an activating group) is 1. The number of hydrogen-bond acceptors (Lipinski definition) is 3. The van der Waals surface area contributed by atoms with Gasteiger partial charge in [-0.25, -0.2) is 4.99 Å². The van der Waals surface area contributed by atoms with Crippen molar-refractivity contribution in [2.75, 3.05) is 27.2 Å². The maximum absolute atomic E-state index is 12.2. The zero-order valence-electron chi connectivity index (χ0n) is 19.3. The van der Waals surface area contributed by atoms with E-state index < -0.39 is 0 Å². The van der Waals surface area contributed by atoms with Gasteiger partial charge in [0.25, 0.3) is 0 Å². The minimum Gasteiger partial charge on any atom is -0.377 e. The van der Waals surface area contributed by atoms with Gasteiger partial charge in [-0.15, -0.1) is 24.0 Å². The second-order valence-electron chi connectivity index (χ2n) is 10.1. The van der Waals surface area contributed by atoms with Crippen molar-refractivity contribution in [3.63, 3.8) is 0 Å². The quantitative estimate of drug-likeness (QED) is 0.343. The van der Waals surface area contributed by atoms with Crippen LogP contribution in [-0.4, -0.2) is 62.2 Å². The first-order chi connectivity index (χ1) is 15.1. The van der Waals surface area contributed by atoms with Crippen LogP contribution in [0.4, 0.5) is 0 Å². The van der Waals surface area contributed by atoms with Crippen molar-refractivity contribution >= 4 is 35.8 Å². The van der Waals surface area contributed by atoms with E-state index >= 15 is 0 Å². The average Bonchev–Trinajstić information content (AvgIpc) is 3.44. The third-order valence-corrected chi connectivity index (χ3v) is 8.14. The second kappa shape index (κ2) is 9.87. The largest absolute Gasteiger partial charge is 0.377 e. The molecule has 1 saturated heterocycles. The zero-order valence-corrected chi connectivity index (χ0v) is 21.6. The van der Waals surface area contributed by atoms with Crippen LogP contribution in [0.1, 0.15) is 49.7 Å². The molecule has 3 fully saturated rings. The first kappa shape index (κ1) is 23.8. The van der Waals surface area contributed by atoms with E-state index in [1.807, 2.05) is 0 Å². The molecule has 1 aromatic rings. The van der Waals surface area contributed by atoms with Crippen LogP contribution in [-0.2, 0) is 22.4 Å². The molecule has 1 aliphatic heterocycles. The van der Waals surface area contributed by atoms with E-state index in [0.29, 0.717) is 24.1 Å². The Morgan fingerprint density at radius 3 is 2.66 bits per heavy atom. The summed E-state index contributed by atoms with van der Waals surface area (Å²) in [7, 11) is 3.58. The maximum atomic E-state index is 12.2. The van der Waals surface area contributed by atoms with E-state index in [4.69, 9.17) is 9.73 Å². The van der Waals surface area contributed by atoms with Crippen LogP contribution < -0.4 is 10.6 Å². The summed E-state index contributed by atoms with van der Waals surface area (Å²) in [6, 6.07) is 9.48. The molecule has 6 nitrogen and oxygen atoms in total. The average molecular weight is 553 g/mol. The van der Waals surface area contributed by atoms with E-state index in [2.05, 4.69) is 34.9 Å². The first-order valence-electron chi connectivity index (χ1n) is 12.0. The van der Waals surface area contributed by atoms with Gasteiger partial charge in [-0.05, 0) is 49.7 Å². The molecule has 1 amide bonds. The Bertz CT molecular complexity index is 852. The molecule has 0 radical (unpaired) electrons. The molecule has 4 aliphatic rings. The number of rotatable bonds is 4. The molecule has 1 aromatic carbocycles. The zero-order chi connectivity index (χ0) is 21.4. The van der Waals surface area contributed by atoms with Gasteiger partial charge in [0.05, 0.1) is 6.10 Å². The van der Waals surface area contributed by atoms with Crippen LogP contribution >= 0.6 is 24.0 Å². The number of nitrogens with one attached hydrogen (secondary N) is 2. The summed E-state index contributed by atoms with van der Waals surface area (Å²) in [5.41, 5.74) is 3.15. The number of nitrogens with zero attached hydrogens (tertiary/aromatic N) is 2. The molecular formula is C25H37IN4O2. The van der Waals surface area contributed by atoms with Gasteiger partial charge in [-0.3, -0.25) is 4.79 Å². The number of amides is 1. The maximum Gasteiger partial charge on any atom is 0.243 e. The highest BCUT2D eigenvalue weighted by atomic mass is 127. The van der Waals surface area contributed by atoms with Gasteiger partial charge in [0.1, 0.15) is 6.54 Å². The fourth-order valence-electron chi connectivity index (χ4n) is 6.49. The Kier molecular flexibility index (Phi) is 7.34. The van der Waals surface area contributed by atoms with Crippen LogP contribution in [0.15, 0.2) is 29.3 Å². The van der Waals surface area contributed by atoms with Gasteiger partial charge in [0.2, 0.25) is 5.91 Å². The van der Waals surface area contributed by atoms with Gasteiger partial charge in [-0.1, -0.05) is 37.1 Å². The Hall–Kier alpha value is -1.35. The van der Waals surface area contributed by atoms with Gasteiger partial charge in [-0.2, -0.15) is 0 Å². The molecule has 7 heteroatoms. The fourth-order valence-corrected chi connectivity index (χ4v) is 6.49. The summed E-state index contributed by atoms with van der Waals surface area (Å²) >= 11 is 0. The highest BCUT2D eigenvalue weighted by molar-refractivity contribution is 14.0. The number of aryl methyl sites for hydroxylation is 1. The molecule has 176 valence electrons. The molecule has 32 heavy (non-hydrogen) atoms. The number of benzene rings is 1. The van der Waals surface area contributed by atoms with Crippen molar-refractivity contribution in [1.29, 1.82) is 0 Å². The topological polar surface area (TPSA) is 66.0 Å². The molecule has 2 saturated carbocycles. The Morgan fingerprint density at radius 2 is 1.91 bits per heavy atom. The third kappa shape index (κ3) is 4.39. The number of hydrogen-bond donors (Lipinski definition) is 2. The number of guanidine groups is 1. The van der Waals surface area contributed by atoms with Crippen LogP contribution in [0.25, 0.3) is 0 Å². The third-order valence-electron chi connectivity index (χ3n) is 8.14. The highest BCUT2D eigenvalue weighted by Gasteiger charge is 2.65. The smallest absolute Gasteiger partial charge is 0.243 e. The number of carbonyl (C=O) groups is 1. The molecule has 2 N–H and O–H groups in total.